The Morgan fingerprint density at radius 1 is 1.20 bits per heavy atom. The molecule has 0 saturated heterocycles. The minimum Gasteiger partial charge on any atom is -0.310 e. The SMILES string of the molecule is CCC(NCC(=O)N(CCC#N)c1ccccc1)c1ccc(Cl)cc1. The van der Waals surface area contributed by atoms with Crippen LogP contribution in [-0.4, -0.2) is 19.0 Å². The molecule has 1 unspecified atom stereocenters. The molecule has 5 heteroatoms. The third-order valence-corrected chi connectivity index (χ3v) is 4.25. The number of amides is 1. The minimum absolute atomic E-state index is 0.0473. The van der Waals surface area contributed by atoms with Gasteiger partial charge in [0.15, 0.2) is 0 Å². The first-order chi connectivity index (χ1) is 12.2. The van der Waals surface area contributed by atoms with E-state index in [-0.39, 0.29) is 18.5 Å². The van der Waals surface area contributed by atoms with E-state index in [4.69, 9.17) is 16.9 Å². The number of anilines is 1. The lowest BCUT2D eigenvalue weighted by atomic mass is 10.0. The van der Waals surface area contributed by atoms with Crippen molar-refractivity contribution in [1.82, 2.24) is 5.32 Å². The molecule has 2 aromatic carbocycles. The smallest absolute Gasteiger partial charge is 0.240 e. The van der Waals surface area contributed by atoms with Gasteiger partial charge in [-0.1, -0.05) is 48.9 Å². The molecule has 0 heterocycles. The zero-order chi connectivity index (χ0) is 18.1. The van der Waals surface area contributed by atoms with Crippen LogP contribution < -0.4 is 10.2 Å². The van der Waals surface area contributed by atoms with Crippen LogP contribution in [0.2, 0.25) is 5.02 Å². The molecule has 2 aromatic rings. The van der Waals surface area contributed by atoms with E-state index in [1.807, 2.05) is 54.6 Å². The molecular weight excluding hydrogens is 334 g/mol. The quantitative estimate of drug-likeness (QED) is 0.766. The van der Waals surface area contributed by atoms with E-state index in [1.54, 1.807) is 4.90 Å². The Morgan fingerprint density at radius 2 is 1.88 bits per heavy atom. The number of nitrogens with zero attached hydrogens (tertiary/aromatic N) is 2. The van der Waals surface area contributed by atoms with E-state index in [0.29, 0.717) is 18.0 Å². The van der Waals surface area contributed by atoms with Crippen molar-refractivity contribution < 1.29 is 4.79 Å². The molecule has 4 nitrogen and oxygen atoms in total. The second kappa shape index (κ2) is 9.83. The Morgan fingerprint density at radius 3 is 2.48 bits per heavy atom. The minimum atomic E-state index is -0.0473. The number of halogens is 1. The van der Waals surface area contributed by atoms with Crippen molar-refractivity contribution in [3.8, 4) is 6.07 Å². The van der Waals surface area contributed by atoms with E-state index < -0.39 is 0 Å². The van der Waals surface area contributed by atoms with Crippen molar-refractivity contribution >= 4 is 23.2 Å². The van der Waals surface area contributed by atoms with Crippen LogP contribution in [0.4, 0.5) is 5.69 Å². The number of nitriles is 1. The van der Waals surface area contributed by atoms with Gasteiger partial charge in [0.05, 0.1) is 19.0 Å². The molecule has 130 valence electrons. The summed E-state index contributed by atoms with van der Waals surface area (Å²) in [6.07, 6.45) is 1.16. The zero-order valence-corrected chi connectivity index (χ0v) is 15.0. The highest BCUT2D eigenvalue weighted by Gasteiger charge is 2.17. The Hall–Kier alpha value is -2.35. The molecule has 0 aliphatic carbocycles. The van der Waals surface area contributed by atoms with Crippen LogP contribution in [0.15, 0.2) is 54.6 Å². The standard InChI is InChI=1S/C20H22ClN3O/c1-2-19(16-9-11-17(21)12-10-16)23-15-20(25)24(14-6-13-22)18-7-4-3-5-8-18/h3-5,7-12,19,23H,2,6,14-15H2,1H3. The van der Waals surface area contributed by atoms with Gasteiger partial charge in [0.25, 0.3) is 0 Å². The zero-order valence-electron chi connectivity index (χ0n) is 14.3. The molecule has 0 fully saturated rings. The fraction of sp³-hybridized carbons (Fsp3) is 0.300. The summed E-state index contributed by atoms with van der Waals surface area (Å²) in [7, 11) is 0. The maximum Gasteiger partial charge on any atom is 0.240 e. The van der Waals surface area contributed by atoms with E-state index in [0.717, 1.165) is 17.7 Å². The predicted molar refractivity (Wildman–Crippen MR) is 102 cm³/mol. The molecule has 1 amide bonds. The molecule has 25 heavy (non-hydrogen) atoms. The van der Waals surface area contributed by atoms with Gasteiger partial charge in [-0.25, -0.2) is 0 Å². The molecule has 0 aromatic heterocycles. The summed E-state index contributed by atoms with van der Waals surface area (Å²) in [5.74, 6) is -0.0473. The molecule has 0 radical (unpaired) electrons. The van der Waals surface area contributed by atoms with Crippen LogP contribution >= 0.6 is 11.6 Å². The lowest BCUT2D eigenvalue weighted by Gasteiger charge is -2.24. The van der Waals surface area contributed by atoms with E-state index >= 15 is 0 Å². The lowest BCUT2D eigenvalue weighted by Crippen LogP contribution is -2.40. The Bertz CT molecular complexity index is 710. The van der Waals surface area contributed by atoms with Crippen molar-refractivity contribution in [3.63, 3.8) is 0 Å². The summed E-state index contributed by atoms with van der Waals surface area (Å²) in [4.78, 5) is 14.3. The maximum atomic E-state index is 12.7. The van der Waals surface area contributed by atoms with Crippen LogP contribution in [-0.2, 0) is 4.79 Å². The number of rotatable bonds is 8. The summed E-state index contributed by atoms with van der Waals surface area (Å²) in [5.41, 5.74) is 1.91. The highest BCUT2D eigenvalue weighted by Crippen LogP contribution is 2.19. The molecule has 0 aliphatic heterocycles. The van der Waals surface area contributed by atoms with E-state index in [9.17, 15) is 4.79 Å². The summed E-state index contributed by atoms with van der Waals surface area (Å²) in [6.45, 7) is 2.67. The number of hydrogen-bond acceptors (Lipinski definition) is 3. The fourth-order valence-corrected chi connectivity index (χ4v) is 2.79. The van der Waals surface area contributed by atoms with E-state index in [2.05, 4.69) is 18.3 Å². The molecule has 2 rings (SSSR count). The highest BCUT2D eigenvalue weighted by molar-refractivity contribution is 6.30. The lowest BCUT2D eigenvalue weighted by molar-refractivity contribution is -0.117. The van der Waals surface area contributed by atoms with Crippen molar-refractivity contribution in [2.75, 3.05) is 18.0 Å². The molecule has 0 bridgehead atoms. The molecule has 0 saturated carbocycles. The first-order valence-electron chi connectivity index (χ1n) is 8.37. The first kappa shape index (κ1) is 19.0. The molecule has 1 atom stereocenters. The van der Waals surface area contributed by atoms with Gasteiger partial charge < -0.3 is 10.2 Å². The van der Waals surface area contributed by atoms with Gasteiger partial charge in [0.2, 0.25) is 5.91 Å². The number of benzene rings is 2. The average Bonchev–Trinajstić information content (AvgIpc) is 2.65. The summed E-state index contributed by atoms with van der Waals surface area (Å²) < 4.78 is 0. The monoisotopic (exact) mass is 355 g/mol. The van der Waals surface area contributed by atoms with Gasteiger partial charge in [-0.05, 0) is 36.2 Å². The Kier molecular flexibility index (Phi) is 7.46. The topological polar surface area (TPSA) is 56.1 Å². The van der Waals surface area contributed by atoms with Gasteiger partial charge in [-0.3, -0.25) is 4.79 Å². The third-order valence-electron chi connectivity index (χ3n) is 4.00. The average molecular weight is 356 g/mol. The number of nitrogens with one attached hydrogen (secondary N) is 1. The van der Waals surface area contributed by atoms with Crippen molar-refractivity contribution in [3.05, 3.63) is 65.2 Å². The predicted octanol–water partition coefficient (Wildman–Crippen LogP) is 4.33. The molecule has 1 N–H and O–H groups in total. The van der Waals surface area contributed by atoms with Crippen LogP contribution in [0, 0.1) is 11.3 Å². The van der Waals surface area contributed by atoms with Gasteiger partial charge in [-0.2, -0.15) is 5.26 Å². The molecule has 0 aliphatic rings. The number of para-hydroxylation sites is 1. The summed E-state index contributed by atoms with van der Waals surface area (Å²) in [6, 6.07) is 19.3. The molecule has 0 spiro atoms. The van der Waals surface area contributed by atoms with Gasteiger partial charge >= 0.3 is 0 Å². The maximum absolute atomic E-state index is 12.7. The Balaban J connectivity index is 2.04. The third kappa shape index (κ3) is 5.60. The molecular formula is C20H22ClN3O. The van der Waals surface area contributed by atoms with Crippen LogP contribution in [0.5, 0.6) is 0 Å². The van der Waals surface area contributed by atoms with Crippen LogP contribution in [0.1, 0.15) is 31.4 Å². The van der Waals surface area contributed by atoms with Crippen molar-refractivity contribution in [2.24, 2.45) is 0 Å². The van der Waals surface area contributed by atoms with E-state index in [1.165, 1.54) is 0 Å². The number of hydrogen-bond donors (Lipinski definition) is 1. The summed E-state index contributed by atoms with van der Waals surface area (Å²) in [5, 5.41) is 12.9. The van der Waals surface area contributed by atoms with Gasteiger partial charge in [-0.15, -0.1) is 0 Å². The normalized spacial score (nSPS) is 11.6. The summed E-state index contributed by atoms with van der Waals surface area (Å²) >= 11 is 5.94. The van der Waals surface area contributed by atoms with Gasteiger partial charge in [0.1, 0.15) is 0 Å². The fourth-order valence-electron chi connectivity index (χ4n) is 2.67. The van der Waals surface area contributed by atoms with Crippen LogP contribution in [0.25, 0.3) is 0 Å². The highest BCUT2D eigenvalue weighted by atomic mass is 35.5. The number of carbonyl (C=O) groups excluding carboxylic acids is 1. The first-order valence-corrected chi connectivity index (χ1v) is 8.74. The number of carbonyl (C=O) groups is 1. The second-order valence-electron chi connectivity index (χ2n) is 5.68. The van der Waals surface area contributed by atoms with Crippen LogP contribution in [0.3, 0.4) is 0 Å². The van der Waals surface area contributed by atoms with Crippen molar-refractivity contribution in [1.29, 1.82) is 5.26 Å². The van der Waals surface area contributed by atoms with Crippen molar-refractivity contribution in [2.45, 2.75) is 25.8 Å². The van der Waals surface area contributed by atoms with Gasteiger partial charge in [0, 0.05) is 23.3 Å². The Labute approximate surface area is 154 Å². The second-order valence-corrected chi connectivity index (χ2v) is 6.12. The largest absolute Gasteiger partial charge is 0.310 e.